The number of esters is 1. The Hall–Kier alpha value is -2.56. The molecule has 3 rings (SSSR count). The van der Waals surface area contributed by atoms with Gasteiger partial charge >= 0.3 is 5.97 Å². The van der Waals surface area contributed by atoms with E-state index in [9.17, 15) is 4.79 Å². The molecule has 0 amide bonds. The molecule has 3 aromatic rings. The van der Waals surface area contributed by atoms with E-state index in [0.29, 0.717) is 17.1 Å². The smallest absolute Gasteiger partial charge is 0.339 e. The van der Waals surface area contributed by atoms with Gasteiger partial charge in [-0.25, -0.2) is 9.78 Å². The second-order valence-electron chi connectivity index (χ2n) is 4.20. The molecule has 5 nitrogen and oxygen atoms in total. The number of aryl methyl sites for hydroxylation is 1. The number of ether oxygens (including phenoxy) is 1. The molecule has 96 valence electrons. The van der Waals surface area contributed by atoms with Crippen molar-refractivity contribution in [1.82, 2.24) is 9.38 Å². The fourth-order valence-electron chi connectivity index (χ4n) is 1.97. The number of nitrogens with zero attached hydrogens (tertiary/aromatic N) is 2. The number of hydrogen-bond donors (Lipinski definition) is 0. The Balaban J connectivity index is 2.18. The summed E-state index contributed by atoms with van der Waals surface area (Å²) < 4.78 is 12.1. The standard InChI is InChI=1S/C14H12N2O3/c1-9-3-6-12(19-9)13-15-7-11-5-4-10(8-16(11)13)14(17)18-2/h3-8H,1-2H3. The van der Waals surface area contributed by atoms with E-state index in [1.807, 2.05) is 29.5 Å². The Morgan fingerprint density at radius 1 is 1.32 bits per heavy atom. The summed E-state index contributed by atoms with van der Waals surface area (Å²) in [6.07, 6.45) is 3.43. The van der Waals surface area contributed by atoms with Gasteiger partial charge in [-0.15, -0.1) is 0 Å². The van der Waals surface area contributed by atoms with E-state index >= 15 is 0 Å². The van der Waals surface area contributed by atoms with Crippen LogP contribution in [0.25, 0.3) is 17.1 Å². The Labute approximate surface area is 109 Å². The van der Waals surface area contributed by atoms with Crippen LogP contribution < -0.4 is 0 Å². The van der Waals surface area contributed by atoms with E-state index in [-0.39, 0.29) is 5.97 Å². The Bertz CT molecular complexity index is 755. The van der Waals surface area contributed by atoms with Crippen LogP contribution in [-0.4, -0.2) is 22.5 Å². The van der Waals surface area contributed by atoms with Crippen molar-refractivity contribution < 1.29 is 13.9 Å². The van der Waals surface area contributed by atoms with Gasteiger partial charge in [-0.2, -0.15) is 0 Å². The third-order valence-corrected chi connectivity index (χ3v) is 2.91. The number of furan rings is 1. The van der Waals surface area contributed by atoms with Crippen molar-refractivity contribution in [2.45, 2.75) is 6.92 Å². The lowest BCUT2D eigenvalue weighted by Crippen LogP contribution is -2.03. The van der Waals surface area contributed by atoms with Crippen LogP contribution in [0.5, 0.6) is 0 Å². The molecule has 0 unspecified atom stereocenters. The lowest BCUT2D eigenvalue weighted by atomic mass is 10.2. The monoisotopic (exact) mass is 256 g/mol. The number of aromatic nitrogens is 2. The van der Waals surface area contributed by atoms with E-state index in [1.165, 1.54) is 7.11 Å². The zero-order valence-corrected chi connectivity index (χ0v) is 10.6. The van der Waals surface area contributed by atoms with Crippen molar-refractivity contribution in [3.8, 4) is 11.6 Å². The molecule has 0 radical (unpaired) electrons. The van der Waals surface area contributed by atoms with Gasteiger partial charge in [0, 0.05) is 6.20 Å². The molecule has 3 heterocycles. The second-order valence-corrected chi connectivity index (χ2v) is 4.20. The average Bonchev–Trinajstić information content (AvgIpc) is 3.02. The molecule has 0 saturated heterocycles. The van der Waals surface area contributed by atoms with Crippen LogP contribution in [0.2, 0.25) is 0 Å². The predicted molar refractivity (Wildman–Crippen MR) is 69.0 cm³/mol. The van der Waals surface area contributed by atoms with Crippen molar-refractivity contribution in [2.24, 2.45) is 0 Å². The minimum Gasteiger partial charge on any atom is -0.465 e. The third-order valence-electron chi connectivity index (χ3n) is 2.91. The molecule has 19 heavy (non-hydrogen) atoms. The third kappa shape index (κ3) is 1.89. The number of methoxy groups -OCH3 is 1. The molecule has 0 saturated carbocycles. The minimum atomic E-state index is -0.378. The molecule has 3 aromatic heterocycles. The van der Waals surface area contributed by atoms with Crippen LogP contribution in [0.4, 0.5) is 0 Å². The summed E-state index contributed by atoms with van der Waals surface area (Å²) in [6.45, 7) is 1.87. The number of hydrogen-bond acceptors (Lipinski definition) is 4. The van der Waals surface area contributed by atoms with Crippen molar-refractivity contribution in [3.63, 3.8) is 0 Å². The molecule has 0 aliphatic heterocycles. The number of fused-ring (bicyclic) bond motifs is 1. The first-order chi connectivity index (χ1) is 9.19. The summed E-state index contributed by atoms with van der Waals surface area (Å²) in [4.78, 5) is 15.9. The van der Waals surface area contributed by atoms with Gasteiger partial charge in [-0.3, -0.25) is 4.40 Å². The summed E-state index contributed by atoms with van der Waals surface area (Å²) in [7, 11) is 1.36. The maximum absolute atomic E-state index is 11.6. The second kappa shape index (κ2) is 4.28. The first kappa shape index (κ1) is 11.5. The topological polar surface area (TPSA) is 56.7 Å². The average molecular weight is 256 g/mol. The highest BCUT2D eigenvalue weighted by atomic mass is 16.5. The molecule has 0 bridgehead atoms. The molecule has 0 fully saturated rings. The summed E-state index contributed by atoms with van der Waals surface area (Å²) in [6, 6.07) is 7.26. The SMILES string of the molecule is COC(=O)c1ccc2cnc(-c3ccc(C)o3)n2c1. The highest BCUT2D eigenvalue weighted by Gasteiger charge is 2.12. The highest BCUT2D eigenvalue weighted by molar-refractivity contribution is 5.89. The van der Waals surface area contributed by atoms with Gasteiger partial charge in [0.15, 0.2) is 11.6 Å². The molecular formula is C14H12N2O3. The summed E-state index contributed by atoms with van der Waals surface area (Å²) in [5, 5.41) is 0. The number of carbonyl (C=O) groups is 1. The van der Waals surface area contributed by atoms with Gasteiger partial charge < -0.3 is 9.15 Å². The van der Waals surface area contributed by atoms with Crippen LogP contribution in [0.1, 0.15) is 16.1 Å². The maximum Gasteiger partial charge on any atom is 0.339 e. The van der Waals surface area contributed by atoms with Crippen LogP contribution in [0.15, 0.2) is 41.1 Å². The molecule has 5 heteroatoms. The van der Waals surface area contributed by atoms with Crippen LogP contribution in [0, 0.1) is 6.92 Å². The first-order valence-electron chi connectivity index (χ1n) is 5.81. The normalized spacial score (nSPS) is 10.8. The Morgan fingerprint density at radius 3 is 2.84 bits per heavy atom. The predicted octanol–water partition coefficient (Wildman–Crippen LogP) is 2.69. The van der Waals surface area contributed by atoms with Crippen molar-refractivity contribution in [2.75, 3.05) is 7.11 Å². The Kier molecular flexibility index (Phi) is 2.59. The number of carbonyl (C=O) groups excluding carboxylic acids is 1. The van der Waals surface area contributed by atoms with E-state index < -0.39 is 0 Å². The molecule has 0 atom stereocenters. The van der Waals surface area contributed by atoms with Crippen LogP contribution >= 0.6 is 0 Å². The molecular weight excluding hydrogens is 244 g/mol. The maximum atomic E-state index is 11.6. The fraction of sp³-hybridized carbons (Fsp3) is 0.143. The summed E-state index contributed by atoms with van der Waals surface area (Å²) in [5.74, 6) is 1.77. The Morgan fingerprint density at radius 2 is 2.16 bits per heavy atom. The quantitative estimate of drug-likeness (QED) is 0.661. The molecule has 0 aliphatic rings. The molecule has 0 spiro atoms. The number of pyridine rings is 1. The van der Waals surface area contributed by atoms with Crippen LogP contribution in [-0.2, 0) is 4.74 Å². The van der Waals surface area contributed by atoms with Gasteiger partial charge in [0.2, 0.25) is 0 Å². The van der Waals surface area contributed by atoms with Crippen molar-refractivity contribution in [1.29, 1.82) is 0 Å². The largest absolute Gasteiger partial charge is 0.465 e. The van der Waals surface area contributed by atoms with Gasteiger partial charge in [-0.05, 0) is 31.2 Å². The molecule has 0 aliphatic carbocycles. The number of imidazole rings is 1. The lowest BCUT2D eigenvalue weighted by Gasteiger charge is -2.02. The highest BCUT2D eigenvalue weighted by Crippen LogP contribution is 2.22. The van der Waals surface area contributed by atoms with E-state index in [2.05, 4.69) is 4.98 Å². The van der Waals surface area contributed by atoms with Crippen LogP contribution in [0.3, 0.4) is 0 Å². The fourth-order valence-corrected chi connectivity index (χ4v) is 1.97. The van der Waals surface area contributed by atoms with Gasteiger partial charge in [0.1, 0.15) is 5.76 Å². The number of rotatable bonds is 2. The van der Waals surface area contributed by atoms with E-state index in [0.717, 1.165) is 11.3 Å². The molecule has 0 N–H and O–H groups in total. The van der Waals surface area contributed by atoms with E-state index in [1.54, 1.807) is 18.5 Å². The van der Waals surface area contributed by atoms with Gasteiger partial charge in [-0.1, -0.05) is 0 Å². The van der Waals surface area contributed by atoms with Gasteiger partial charge in [0.05, 0.1) is 24.4 Å². The minimum absolute atomic E-state index is 0.378. The summed E-state index contributed by atoms with van der Waals surface area (Å²) >= 11 is 0. The zero-order valence-electron chi connectivity index (χ0n) is 10.6. The molecule has 0 aromatic carbocycles. The zero-order chi connectivity index (χ0) is 13.4. The van der Waals surface area contributed by atoms with E-state index in [4.69, 9.17) is 9.15 Å². The van der Waals surface area contributed by atoms with Crippen molar-refractivity contribution in [3.05, 3.63) is 48.0 Å². The summed E-state index contributed by atoms with van der Waals surface area (Å²) in [5.41, 5.74) is 1.36. The van der Waals surface area contributed by atoms with Gasteiger partial charge in [0.25, 0.3) is 0 Å². The first-order valence-corrected chi connectivity index (χ1v) is 5.81. The van der Waals surface area contributed by atoms with Crippen molar-refractivity contribution >= 4 is 11.5 Å². The lowest BCUT2D eigenvalue weighted by molar-refractivity contribution is 0.0600.